The first kappa shape index (κ1) is 14.3. The third-order valence-corrected chi connectivity index (χ3v) is 3.16. The summed E-state index contributed by atoms with van der Waals surface area (Å²) in [6.45, 7) is 0.539. The standard InChI is InChI=1S/C16H18FNO2/c1-19-15-6-4-12(10-16(15)20-2)13-9-11(7-8-18)3-5-14(13)17/h3-6,9-10H,7-8,18H2,1-2H3. The molecule has 0 saturated carbocycles. The number of benzene rings is 2. The van der Waals surface area contributed by atoms with Gasteiger partial charge in [0, 0.05) is 5.56 Å². The SMILES string of the molecule is COc1ccc(-c2cc(CCN)ccc2F)cc1OC. The smallest absolute Gasteiger partial charge is 0.161 e. The molecular formula is C16H18FNO2. The molecule has 2 aromatic rings. The summed E-state index contributed by atoms with van der Waals surface area (Å²) in [5, 5.41) is 0. The Morgan fingerprint density at radius 2 is 1.75 bits per heavy atom. The van der Waals surface area contributed by atoms with Gasteiger partial charge in [0.05, 0.1) is 14.2 Å². The van der Waals surface area contributed by atoms with E-state index in [9.17, 15) is 4.39 Å². The molecule has 0 atom stereocenters. The van der Waals surface area contributed by atoms with E-state index in [1.807, 2.05) is 12.1 Å². The first-order valence-corrected chi connectivity index (χ1v) is 6.40. The van der Waals surface area contributed by atoms with E-state index in [1.165, 1.54) is 6.07 Å². The van der Waals surface area contributed by atoms with E-state index in [2.05, 4.69) is 0 Å². The lowest BCUT2D eigenvalue weighted by atomic mass is 10.0. The Kier molecular flexibility index (Phi) is 4.58. The summed E-state index contributed by atoms with van der Waals surface area (Å²) in [6.07, 6.45) is 0.723. The van der Waals surface area contributed by atoms with Crippen molar-refractivity contribution in [1.29, 1.82) is 0 Å². The lowest BCUT2D eigenvalue weighted by molar-refractivity contribution is 0.355. The van der Waals surface area contributed by atoms with Crippen molar-refractivity contribution in [3.05, 3.63) is 47.8 Å². The lowest BCUT2D eigenvalue weighted by Gasteiger charge is -2.11. The van der Waals surface area contributed by atoms with Crippen LogP contribution >= 0.6 is 0 Å². The van der Waals surface area contributed by atoms with Crippen LogP contribution in [-0.2, 0) is 6.42 Å². The largest absolute Gasteiger partial charge is 0.493 e. The van der Waals surface area contributed by atoms with Gasteiger partial charge in [0.2, 0.25) is 0 Å². The van der Waals surface area contributed by atoms with Crippen molar-refractivity contribution in [2.45, 2.75) is 6.42 Å². The maximum Gasteiger partial charge on any atom is 0.161 e. The van der Waals surface area contributed by atoms with Crippen LogP contribution in [-0.4, -0.2) is 20.8 Å². The van der Waals surface area contributed by atoms with Crippen LogP contribution in [0.25, 0.3) is 11.1 Å². The molecule has 0 unspecified atom stereocenters. The Hall–Kier alpha value is -2.07. The molecule has 0 amide bonds. The van der Waals surface area contributed by atoms with E-state index in [-0.39, 0.29) is 5.82 Å². The van der Waals surface area contributed by atoms with Gasteiger partial charge in [-0.05, 0) is 48.4 Å². The first-order chi connectivity index (χ1) is 9.69. The zero-order chi connectivity index (χ0) is 14.5. The molecule has 4 heteroatoms. The third-order valence-electron chi connectivity index (χ3n) is 3.16. The van der Waals surface area contributed by atoms with Crippen LogP contribution in [0.5, 0.6) is 11.5 Å². The topological polar surface area (TPSA) is 44.5 Å². The Morgan fingerprint density at radius 1 is 1.00 bits per heavy atom. The second-order valence-corrected chi connectivity index (χ2v) is 4.42. The third kappa shape index (κ3) is 2.91. The fourth-order valence-electron chi connectivity index (χ4n) is 2.12. The highest BCUT2D eigenvalue weighted by molar-refractivity contribution is 5.68. The summed E-state index contributed by atoms with van der Waals surface area (Å²) < 4.78 is 24.4. The number of ether oxygens (including phenoxy) is 2. The molecule has 0 bridgehead atoms. The number of nitrogens with two attached hydrogens (primary N) is 1. The minimum absolute atomic E-state index is 0.266. The normalized spacial score (nSPS) is 10.4. The second-order valence-electron chi connectivity index (χ2n) is 4.42. The molecule has 2 rings (SSSR count). The van der Waals surface area contributed by atoms with Gasteiger partial charge in [-0.1, -0.05) is 12.1 Å². The van der Waals surface area contributed by atoms with Gasteiger partial charge >= 0.3 is 0 Å². The molecule has 0 heterocycles. The van der Waals surface area contributed by atoms with Gasteiger partial charge < -0.3 is 15.2 Å². The minimum Gasteiger partial charge on any atom is -0.493 e. The van der Waals surface area contributed by atoms with Gasteiger partial charge in [-0.25, -0.2) is 4.39 Å². The molecule has 0 radical (unpaired) electrons. The first-order valence-electron chi connectivity index (χ1n) is 6.40. The Labute approximate surface area is 118 Å². The van der Waals surface area contributed by atoms with E-state index in [0.717, 1.165) is 17.5 Å². The zero-order valence-electron chi connectivity index (χ0n) is 11.7. The number of halogens is 1. The molecule has 0 aliphatic heterocycles. The highest BCUT2D eigenvalue weighted by Gasteiger charge is 2.10. The summed E-state index contributed by atoms with van der Waals surface area (Å²) in [5.41, 5.74) is 7.84. The van der Waals surface area contributed by atoms with Crippen molar-refractivity contribution in [2.24, 2.45) is 5.73 Å². The van der Waals surface area contributed by atoms with Crippen molar-refractivity contribution in [3.8, 4) is 22.6 Å². The molecule has 106 valence electrons. The van der Waals surface area contributed by atoms with Gasteiger partial charge in [0.15, 0.2) is 11.5 Å². The summed E-state index contributed by atoms with van der Waals surface area (Å²) in [6, 6.07) is 10.4. The molecule has 3 nitrogen and oxygen atoms in total. The number of hydrogen-bond donors (Lipinski definition) is 1. The van der Waals surface area contributed by atoms with Gasteiger partial charge in [0.1, 0.15) is 5.82 Å². The van der Waals surface area contributed by atoms with E-state index >= 15 is 0 Å². The average molecular weight is 275 g/mol. The van der Waals surface area contributed by atoms with Crippen LogP contribution in [0.2, 0.25) is 0 Å². The average Bonchev–Trinajstić information content (AvgIpc) is 2.48. The molecule has 0 aliphatic rings. The predicted molar refractivity (Wildman–Crippen MR) is 77.7 cm³/mol. The molecule has 0 spiro atoms. The van der Waals surface area contributed by atoms with Gasteiger partial charge in [-0.3, -0.25) is 0 Å². The molecule has 0 fully saturated rings. The molecule has 0 saturated heterocycles. The molecule has 2 N–H and O–H groups in total. The number of rotatable bonds is 5. The second kappa shape index (κ2) is 6.39. The molecule has 0 aromatic heterocycles. The Bertz CT molecular complexity index is 599. The van der Waals surface area contributed by atoms with Crippen LogP contribution in [0.4, 0.5) is 4.39 Å². The maximum atomic E-state index is 14.0. The summed E-state index contributed by atoms with van der Waals surface area (Å²) in [7, 11) is 3.13. The fourth-order valence-corrected chi connectivity index (χ4v) is 2.12. The van der Waals surface area contributed by atoms with E-state index in [0.29, 0.717) is 23.6 Å². The quantitative estimate of drug-likeness (QED) is 0.912. The van der Waals surface area contributed by atoms with Crippen molar-refractivity contribution >= 4 is 0 Å². The van der Waals surface area contributed by atoms with Crippen molar-refractivity contribution in [1.82, 2.24) is 0 Å². The Balaban J connectivity index is 2.47. The van der Waals surface area contributed by atoms with Crippen molar-refractivity contribution < 1.29 is 13.9 Å². The highest BCUT2D eigenvalue weighted by atomic mass is 19.1. The van der Waals surface area contributed by atoms with Crippen molar-refractivity contribution in [3.63, 3.8) is 0 Å². The van der Waals surface area contributed by atoms with Gasteiger partial charge in [-0.2, -0.15) is 0 Å². The molecule has 0 aliphatic carbocycles. The number of methoxy groups -OCH3 is 2. The van der Waals surface area contributed by atoms with Crippen LogP contribution in [0.15, 0.2) is 36.4 Å². The summed E-state index contributed by atoms with van der Waals surface area (Å²) >= 11 is 0. The zero-order valence-corrected chi connectivity index (χ0v) is 11.7. The highest BCUT2D eigenvalue weighted by Crippen LogP contribution is 2.33. The van der Waals surface area contributed by atoms with Crippen LogP contribution in [0, 0.1) is 5.82 Å². The number of hydrogen-bond acceptors (Lipinski definition) is 3. The van der Waals surface area contributed by atoms with Crippen molar-refractivity contribution in [2.75, 3.05) is 20.8 Å². The minimum atomic E-state index is -0.266. The van der Waals surface area contributed by atoms with E-state index in [4.69, 9.17) is 15.2 Å². The summed E-state index contributed by atoms with van der Waals surface area (Å²) in [4.78, 5) is 0. The van der Waals surface area contributed by atoms with Crippen LogP contribution in [0.3, 0.4) is 0 Å². The van der Waals surface area contributed by atoms with E-state index in [1.54, 1.807) is 32.4 Å². The Morgan fingerprint density at radius 3 is 2.40 bits per heavy atom. The molecular weight excluding hydrogens is 257 g/mol. The van der Waals surface area contributed by atoms with Gasteiger partial charge in [0.25, 0.3) is 0 Å². The monoisotopic (exact) mass is 275 g/mol. The summed E-state index contributed by atoms with van der Waals surface area (Å²) in [5.74, 6) is 0.932. The lowest BCUT2D eigenvalue weighted by Crippen LogP contribution is -2.03. The molecule has 2 aromatic carbocycles. The molecule has 20 heavy (non-hydrogen) atoms. The predicted octanol–water partition coefficient (Wildman–Crippen LogP) is 3.01. The van der Waals surface area contributed by atoms with Gasteiger partial charge in [-0.15, -0.1) is 0 Å². The maximum absolute atomic E-state index is 14.0. The van der Waals surface area contributed by atoms with Crippen LogP contribution in [0.1, 0.15) is 5.56 Å². The fraction of sp³-hybridized carbons (Fsp3) is 0.250. The van der Waals surface area contributed by atoms with E-state index < -0.39 is 0 Å². The van der Waals surface area contributed by atoms with Crippen LogP contribution < -0.4 is 15.2 Å².